The van der Waals surface area contributed by atoms with Gasteiger partial charge in [0.15, 0.2) is 6.61 Å². The summed E-state index contributed by atoms with van der Waals surface area (Å²) in [7, 11) is 0. The average molecular weight is 389 g/mol. The molecule has 0 aliphatic rings. The van der Waals surface area contributed by atoms with Crippen LogP contribution in [0, 0.1) is 0 Å². The Morgan fingerprint density at radius 3 is 2.57 bits per heavy atom. The molecule has 0 spiro atoms. The van der Waals surface area contributed by atoms with E-state index in [-0.39, 0.29) is 5.56 Å². The zero-order valence-corrected chi connectivity index (χ0v) is 14.3. The van der Waals surface area contributed by atoms with Gasteiger partial charge in [-0.1, -0.05) is 24.3 Å². The summed E-state index contributed by atoms with van der Waals surface area (Å²) in [5.74, 6) is -1.04. The van der Waals surface area contributed by atoms with E-state index < -0.39 is 30.0 Å². The molecule has 1 aromatic heterocycles. The molecule has 0 fully saturated rings. The Morgan fingerprint density at radius 2 is 1.86 bits per heavy atom. The molecule has 3 aromatic rings. The Hall–Kier alpha value is -3.62. The maximum Gasteiger partial charge on any atom is 0.419 e. The number of hydrogen-bond acceptors (Lipinski definition) is 4. The predicted octanol–water partition coefficient (Wildman–Crippen LogP) is 3.47. The molecule has 0 aliphatic heterocycles. The second-order valence-corrected chi connectivity index (χ2v) is 5.72. The molecule has 28 heavy (non-hydrogen) atoms. The van der Waals surface area contributed by atoms with Crippen molar-refractivity contribution in [1.29, 1.82) is 0 Å². The van der Waals surface area contributed by atoms with Crippen LogP contribution >= 0.6 is 0 Å². The second kappa shape index (κ2) is 7.95. The van der Waals surface area contributed by atoms with E-state index in [0.717, 1.165) is 12.1 Å². The number of nitrogens with zero attached hydrogens (tertiary/aromatic N) is 1. The summed E-state index contributed by atoms with van der Waals surface area (Å²) in [6.45, 7) is -0.589. The lowest BCUT2D eigenvalue weighted by molar-refractivity contribution is -0.139. The van der Waals surface area contributed by atoms with Crippen molar-refractivity contribution in [3.63, 3.8) is 0 Å². The number of aromatic amines is 1. The zero-order chi connectivity index (χ0) is 20.1. The number of ether oxygens (including phenoxy) is 1. The number of H-pyrrole nitrogens is 1. The number of anilines is 1. The highest BCUT2D eigenvalue weighted by atomic mass is 19.4. The van der Waals surface area contributed by atoms with Gasteiger partial charge in [-0.3, -0.25) is 9.59 Å². The highest BCUT2D eigenvalue weighted by Gasteiger charge is 2.34. The molecule has 144 valence electrons. The predicted molar refractivity (Wildman–Crippen MR) is 95.9 cm³/mol. The lowest BCUT2D eigenvalue weighted by atomic mass is 10.1. The van der Waals surface area contributed by atoms with E-state index >= 15 is 0 Å². The van der Waals surface area contributed by atoms with Crippen molar-refractivity contribution >= 4 is 11.6 Å². The minimum Gasteiger partial charge on any atom is -0.483 e. The Morgan fingerprint density at radius 1 is 1.07 bits per heavy atom. The van der Waals surface area contributed by atoms with E-state index in [9.17, 15) is 22.8 Å². The van der Waals surface area contributed by atoms with E-state index in [2.05, 4.69) is 15.5 Å². The molecule has 3 rings (SSSR count). The molecular formula is C19H14F3N3O3. The number of alkyl halides is 3. The van der Waals surface area contributed by atoms with Crippen LogP contribution in [0.1, 0.15) is 5.56 Å². The number of amides is 1. The third-order valence-electron chi connectivity index (χ3n) is 3.67. The summed E-state index contributed by atoms with van der Waals surface area (Å²) in [5, 5.41) is 8.75. The smallest absolute Gasteiger partial charge is 0.419 e. The maximum atomic E-state index is 12.9. The van der Waals surface area contributed by atoms with Gasteiger partial charge >= 0.3 is 6.18 Å². The third kappa shape index (κ3) is 4.76. The average Bonchev–Trinajstić information content (AvgIpc) is 2.67. The summed E-state index contributed by atoms with van der Waals surface area (Å²) in [5.41, 5.74) is 0.241. The number of hydrogen-bond donors (Lipinski definition) is 2. The summed E-state index contributed by atoms with van der Waals surface area (Å²) in [4.78, 5) is 23.1. The van der Waals surface area contributed by atoms with Gasteiger partial charge in [0.2, 0.25) is 0 Å². The van der Waals surface area contributed by atoms with Gasteiger partial charge in [0.25, 0.3) is 11.5 Å². The molecular weight excluding hydrogens is 375 g/mol. The van der Waals surface area contributed by atoms with E-state index in [1.807, 2.05) is 0 Å². The fraction of sp³-hybridized carbons (Fsp3) is 0.105. The van der Waals surface area contributed by atoms with Gasteiger partial charge in [0, 0.05) is 17.3 Å². The van der Waals surface area contributed by atoms with E-state index in [0.29, 0.717) is 16.9 Å². The minimum atomic E-state index is -4.58. The van der Waals surface area contributed by atoms with Gasteiger partial charge in [-0.15, -0.1) is 0 Å². The van der Waals surface area contributed by atoms with Crippen molar-refractivity contribution in [3.8, 4) is 17.0 Å². The van der Waals surface area contributed by atoms with Crippen molar-refractivity contribution in [2.45, 2.75) is 6.18 Å². The number of rotatable bonds is 5. The highest BCUT2D eigenvalue weighted by Crippen LogP contribution is 2.35. The van der Waals surface area contributed by atoms with Crippen molar-refractivity contribution in [2.75, 3.05) is 11.9 Å². The molecule has 0 bridgehead atoms. The maximum absolute atomic E-state index is 12.9. The molecule has 9 heteroatoms. The quantitative estimate of drug-likeness (QED) is 0.700. The Balaban J connectivity index is 1.67. The van der Waals surface area contributed by atoms with Crippen molar-refractivity contribution in [2.24, 2.45) is 0 Å². The fourth-order valence-electron chi connectivity index (χ4n) is 2.43. The van der Waals surface area contributed by atoms with Gasteiger partial charge in [0.1, 0.15) is 5.75 Å². The fourth-order valence-corrected chi connectivity index (χ4v) is 2.43. The molecule has 0 radical (unpaired) electrons. The van der Waals surface area contributed by atoms with Crippen LogP contribution in [0.5, 0.6) is 5.75 Å². The molecule has 0 atom stereocenters. The molecule has 2 N–H and O–H groups in total. The van der Waals surface area contributed by atoms with Gasteiger partial charge in [0.05, 0.1) is 11.3 Å². The first-order valence-electron chi connectivity index (χ1n) is 8.08. The number of benzene rings is 2. The minimum absolute atomic E-state index is 0.343. The van der Waals surface area contributed by atoms with Crippen molar-refractivity contribution < 1.29 is 22.7 Å². The van der Waals surface area contributed by atoms with Crippen LogP contribution in [0.3, 0.4) is 0 Å². The number of aromatic nitrogens is 2. The Labute approximate surface area is 157 Å². The van der Waals surface area contributed by atoms with E-state index in [1.54, 1.807) is 24.3 Å². The number of para-hydroxylation sites is 1. The largest absolute Gasteiger partial charge is 0.483 e. The van der Waals surface area contributed by atoms with Crippen LogP contribution in [0.2, 0.25) is 0 Å². The second-order valence-electron chi connectivity index (χ2n) is 5.72. The van der Waals surface area contributed by atoms with Gasteiger partial charge in [-0.05, 0) is 30.3 Å². The lowest BCUT2D eigenvalue weighted by Gasteiger charge is -2.13. The first-order chi connectivity index (χ1) is 13.3. The summed E-state index contributed by atoms with van der Waals surface area (Å²) in [6.07, 6.45) is -4.58. The van der Waals surface area contributed by atoms with Crippen LogP contribution in [-0.4, -0.2) is 22.7 Å². The SMILES string of the molecule is O=C(COc1ccccc1C(F)(F)F)Nc1cccc(-c2ccc(=O)[nH]n2)c1. The molecule has 0 aliphatic carbocycles. The molecule has 0 saturated heterocycles. The van der Waals surface area contributed by atoms with Crippen LogP contribution in [0.4, 0.5) is 18.9 Å². The first-order valence-corrected chi connectivity index (χ1v) is 8.08. The molecule has 1 amide bonds. The molecule has 0 saturated carbocycles. The zero-order valence-electron chi connectivity index (χ0n) is 14.3. The van der Waals surface area contributed by atoms with Crippen molar-refractivity contribution in [3.05, 3.63) is 76.6 Å². The number of halogens is 3. The molecule has 1 heterocycles. The van der Waals surface area contributed by atoms with Crippen LogP contribution < -0.4 is 15.6 Å². The standard InChI is InChI=1S/C19H14F3N3O3/c20-19(21,22)14-6-1-2-7-16(14)28-11-18(27)23-13-5-3-4-12(10-13)15-8-9-17(26)25-24-15/h1-10H,11H2,(H,23,27)(H,25,26). The topological polar surface area (TPSA) is 84.1 Å². The summed E-state index contributed by atoms with van der Waals surface area (Å²) >= 11 is 0. The van der Waals surface area contributed by atoms with E-state index in [1.165, 1.54) is 24.3 Å². The normalized spacial score (nSPS) is 11.1. The Kier molecular flexibility index (Phi) is 5.44. The van der Waals surface area contributed by atoms with Gasteiger partial charge in [-0.25, -0.2) is 5.10 Å². The number of nitrogens with one attached hydrogen (secondary N) is 2. The van der Waals surface area contributed by atoms with Crippen LogP contribution in [-0.2, 0) is 11.0 Å². The molecule has 6 nitrogen and oxygen atoms in total. The molecule has 2 aromatic carbocycles. The van der Waals surface area contributed by atoms with Gasteiger partial charge < -0.3 is 10.1 Å². The number of carbonyl (C=O) groups is 1. The summed E-state index contributed by atoms with van der Waals surface area (Å²) < 4.78 is 43.9. The van der Waals surface area contributed by atoms with Crippen LogP contribution in [0.15, 0.2) is 65.5 Å². The first kappa shape index (κ1) is 19.2. The van der Waals surface area contributed by atoms with Crippen molar-refractivity contribution in [1.82, 2.24) is 10.2 Å². The van der Waals surface area contributed by atoms with Crippen LogP contribution in [0.25, 0.3) is 11.3 Å². The molecule has 0 unspecified atom stereocenters. The van der Waals surface area contributed by atoms with E-state index in [4.69, 9.17) is 4.74 Å². The third-order valence-corrected chi connectivity index (χ3v) is 3.67. The lowest BCUT2D eigenvalue weighted by Crippen LogP contribution is -2.21. The number of carbonyl (C=O) groups excluding carboxylic acids is 1. The Bertz CT molecular complexity index is 1030. The summed E-state index contributed by atoms with van der Waals surface area (Å²) in [6, 6.07) is 14.1. The highest BCUT2D eigenvalue weighted by molar-refractivity contribution is 5.92. The monoisotopic (exact) mass is 389 g/mol. The van der Waals surface area contributed by atoms with Gasteiger partial charge in [-0.2, -0.15) is 18.3 Å².